The molecule has 12 heteroatoms. The topological polar surface area (TPSA) is 120 Å². The third-order valence-corrected chi connectivity index (χ3v) is 25.0. The van der Waals surface area contributed by atoms with E-state index in [-0.39, 0.29) is 32.5 Å². The number of hydrogen-bond acceptors (Lipinski definition) is 8. The van der Waals surface area contributed by atoms with Crippen molar-refractivity contribution in [3.8, 4) is 45.0 Å². The van der Waals surface area contributed by atoms with E-state index in [1.807, 2.05) is 0 Å². The highest BCUT2D eigenvalue weighted by Gasteiger charge is 2.31. The minimum absolute atomic E-state index is 0.0127. The van der Waals surface area contributed by atoms with Gasteiger partial charge in [0.15, 0.2) is 47.1 Å². The fourth-order valence-electron chi connectivity index (χ4n) is 19.3. The van der Waals surface area contributed by atoms with E-state index in [0.29, 0.717) is 11.8 Å². The molecule has 2 aliphatic carbocycles. The molecule has 0 saturated heterocycles. The SMILES string of the molecule is Cc1ccc2c(oc3nc(C(C)(C)C)ccc32)c1-c1ccc(CC(C)(C)C)c[n+]1C.Cc1ccc2c(oc3nc(C4CCCC4)ccc32)c1-c1ccc(CC(C)(C)C)c[n+]1C.Cc1ccc2c(oc3nc(C4CCCCC4)ccc32)c1-c1ccc(CC(C)(C)C)c[n+]1C.Cc1ccc2c(oc3nc(CC(C)(C)C)ccc32)c1-c1ccc(CC(C)(C)C)c[n+]1C. The van der Waals surface area contributed by atoms with Crippen LogP contribution in [0.25, 0.3) is 133 Å². The Morgan fingerprint density at radius 3 is 0.815 bits per heavy atom. The Balaban J connectivity index is 0.000000128. The molecule has 4 aromatic carbocycles. The summed E-state index contributed by atoms with van der Waals surface area (Å²) in [4.78, 5) is 19.7. The Bertz CT molecular complexity index is 6680. The number of fused-ring (bicyclic) bond motifs is 12. The lowest BCUT2D eigenvalue weighted by Crippen LogP contribution is -2.32. The van der Waals surface area contributed by atoms with E-state index in [2.05, 4.69) is 369 Å². The summed E-state index contributed by atoms with van der Waals surface area (Å²) in [5.41, 5.74) is 32.1. The van der Waals surface area contributed by atoms with E-state index in [1.165, 1.54) is 136 Å². The Morgan fingerprint density at radius 1 is 0.274 bits per heavy atom. The van der Waals surface area contributed by atoms with Crippen molar-refractivity contribution < 1.29 is 35.9 Å². The molecule has 0 N–H and O–H groups in total. The lowest BCUT2D eigenvalue weighted by molar-refractivity contribution is -0.660. The summed E-state index contributed by atoms with van der Waals surface area (Å²) in [5.74, 6) is 1.17. The summed E-state index contributed by atoms with van der Waals surface area (Å²) in [6.07, 6.45) is 25.8. The highest BCUT2D eigenvalue weighted by molar-refractivity contribution is 6.12. The van der Waals surface area contributed by atoms with Crippen LogP contribution in [0.4, 0.5) is 0 Å². The Hall–Kier alpha value is -10.7. The van der Waals surface area contributed by atoms with Crippen molar-refractivity contribution in [2.75, 3.05) is 0 Å². The van der Waals surface area contributed by atoms with E-state index in [0.717, 1.165) is 154 Å². The number of pyridine rings is 8. The molecule has 0 unspecified atom stereocenters. The van der Waals surface area contributed by atoms with Gasteiger partial charge in [-0.25, -0.2) is 38.2 Å². The molecule has 0 atom stereocenters. The normalized spacial score (nSPS) is 14.2. The van der Waals surface area contributed by atoms with Crippen molar-refractivity contribution in [2.45, 2.75) is 259 Å². The summed E-state index contributed by atoms with van der Waals surface area (Å²) in [7, 11) is 8.53. The number of nitrogens with zero attached hydrogens (tertiary/aromatic N) is 8. The van der Waals surface area contributed by atoms with Gasteiger partial charge in [0.2, 0.25) is 45.6 Å². The summed E-state index contributed by atoms with van der Waals surface area (Å²) in [6.45, 7) is 49.3. The van der Waals surface area contributed by atoms with Gasteiger partial charge < -0.3 is 17.7 Å². The molecular formula is C112H136N8O4+4. The predicted molar refractivity (Wildman–Crippen MR) is 513 cm³/mol. The molecule has 0 radical (unpaired) electrons. The monoisotopic (exact) mass is 1660 g/mol. The first-order valence-electron chi connectivity index (χ1n) is 45.7. The summed E-state index contributed by atoms with van der Waals surface area (Å²) in [6, 6.07) is 53.0. The van der Waals surface area contributed by atoms with Gasteiger partial charge >= 0.3 is 0 Å². The molecule has 2 fully saturated rings. The van der Waals surface area contributed by atoms with Gasteiger partial charge in [0, 0.05) is 130 Å². The maximum absolute atomic E-state index is 6.49. The largest absolute Gasteiger partial charge is 0.437 e. The van der Waals surface area contributed by atoms with Crippen molar-refractivity contribution in [2.24, 2.45) is 55.3 Å². The van der Waals surface area contributed by atoms with Crippen molar-refractivity contribution in [3.05, 3.63) is 238 Å². The van der Waals surface area contributed by atoms with Crippen LogP contribution in [0.1, 0.15) is 262 Å². The molecule has 12 heterocycles. The van der Waals surface area contributed by atoms with Crippen LogP contribution in [0.3, 0.4) is 0 Å². The zero-order valence-electron chi connectivity index (χ0n) is 79.4. The molecule has 16 aromatic rings. The molecule has 12 nitrogen and oxygen atoms in total. The van der Waals surface area contributed by atoms with Crippen molar-refractivity contribution in [3.63, 3.8) is 0 Å². The van der Waals surface area contributed by atoms with Gasteiger partial charge in [0.05, 0.1) is 22.3 Å². The zero-order chi connectivity index (χ0) is 88.6. The molecule has 0 amide bonds. The van der Waals surface area contributed by atoms with Gasteiger partial charge in [-0.3, -0.25) is 0 Å². The molecule has 18 rings (SSSR count). The maximum atomic E-state index is 6.49. The highest BCUT2D eigenvalue weighted by Crippen LogP contribution is 2.45. The number of aryl methyl sites for hydroxylation is 8. The van der Waals surface area contributed by atoms with Gasteiger partial charge in [-0.05, 0) is 208 Å². The van der Waals surface area contributed by atoms with E-state index < -0.39 is 0 Å². The molecule has 0 spiro atoms. The molecular weight excluding hydrogens is 1520 g/mol. The van der Waals surface area contributed by atoms with Gasteiger partial charge in [-0.15, -0.1) is 0 Å². The minimum atomic E-state index is -0.0127. The Labute approximate surface area is 737 Å². The smallest absolute Gasteiger partial charge is 0.227 e. The number of furan rings is 4. The van der Waals surface area contributed by atoms with Crippen LogP contribution >= 0.6 is 0 Å². The minimum Gasteiger partial charge on any atom is -0.437 e. The average molecular weight is 1660 g/mol. The average Bonchev–Trinajstić information content (AvgIpc) is 1.61. The summed E-state index contributed by atoms with van der Waals surface area (Å²) in [5, 5.41) is 8.95. The third kappa shape index (κ3) is 19.5. The first-order chi connectivity index (χ1) is 58.4. The van der Waals surface area contributed by atoms with E-state index in [9.17, 15) is 0 Å². The molecule has 12 aromatic heterocycles. The summed E-state index contributed by atoms with van der Waals surface area (Å²) >= 11 is 0. The maximum Gasteiger partial charge on any atom is 0.227 e. The predicted octanol–water partition coefficient (Wildman–Crippen LogP) is 28.1. The number of benzene rings is 4. The van der Waals surface area contributed by atoms with Crippen LogP contribution < -0.4 is 18.3 Å². The van der Waals surface area contributed by atoms with Crippen molar-refractivity contribution in [1.29, 1.82) is 0 Å². The molecule has 2 aliphatic rings. The quantitative estimate of drug-likeness (QED) is 0.117. The highest BCUT2D eigenvalue weighted by atomic mass is 16.4. The lowest BCUT2D eigenvalue weighted by atomic mass is 9.86. The van der Waals surface area contributed by atoms with Crippen molar-refractivity contribution >= 4 is 88.3 Å². The van der Waals surface area contributed by atoms with E-state index in [4.69, 9.17) is 37.6 Å². The van der Waals surface area contributed by atoms with Crippen molar-refractivity contribution in [1.82, 2.24) is 19.9 Å². The number of hydrogen-bond donors (Lipinski definition) is 0. The zero-order valence-corrected chi connectivity index (χ0v) is 79.4. The summed E-state index contributed by atoms with van der Waals surface area (Å²) < 4.78 is 34.7. The second-order valence-corrected chi connectivity index (χ2v) is 43.7. The third-order valence-electron chi connectivity index (χ3n) is 25.0. The molecule has 0 aliphatic heterocycles. The molecule has 644 valence electrons. The molecule has 2 saturated carbocycles. The molecule has 0 bridgehead atoms. The Kier molecular flexibility index (Phi) is 24.4. The van der Waals surface area contributed by atoms with Crippen LogP contribution in [0.5, 0.6) is 0 Å². The van der Waals surface area contributed by atoms with Crippen LogP contribution in [0.15, 0.2) is 188 Å². The second kappa shape index (κ2) is 34.3. The number of aromatic nitrogens is 8. The van der Waals surface area contributed by atoms with E-state index >= 15 is 0 Å². The lowest BCUT2D eigenvalue weighted by Gasteiger charge is -2.20. The van der Waals surface area contributed by atoms with Gasteiger partial charge in [-0.2, -0.15) is 0 Å². The van der Waals surface area contributed by atoms with Gasteiger partial charge in [-0.1, -0.05) is 205 Å². The fraction of sp³-hybridized carbons (Fsp3) is 0.429. The standard InChI is InChI=1S/C29H35N2O.C28H33N2O.C28H35N2O.C27H33N2O/c1-19-11-13-22-23-14-15-24(21-9-7-6-8-10-21)30-28(23)32-27(22)26(19)25-16-12-20(18-31(25)5)17-29(2,3)4;1-18-10-12-21-22-13-14-23(20-8-6-7-9-20)29-27(22)31-26(21)25(18)24-15-11-19(17-30(24)5)16-28(2,3)4;1-18-9-12-21-22-13-11-20(16-28(5,6)7)29-26(22)31-25(21)24(18)23-14-10-19(17-30(23)8)15-27(2,3)4;1-17-9-11-19-20-12-14-22(27(5,6)7)28-25(20)30-24(19)23(17)21-13-10-18(16-29(21)8)15-26(2,3)4/h11-16,18,21H,6-10,17H2,1-5H3;10-15,17,20H,6-9,16H2,1-5H3;9-14,17H,15-16H2,1-8H3;9-14,16H,15H2,1-8H3/q4*+1. The Morgan fingerprint density at radius 2 is 0.532 bits per heavy atom. The van der Waals surface area contributed by atoms with E-state index in [1.54, 1.807) is 0 Å². The van der Waals surface area contributed by atoms with Crippen LogP contribution in [-0.2, 0) is 65.7 Å². The van der Waals surface area contributed by atoms with Gasteiger partial charge in [0.25, 0.3) is 0 Å². The van der Waals surface area contributed by atoms with Gasteiger partial charge in [0.1, 0.15) is 28.2 Å². The number of rotatable bonds is 11. The van der Waals surface area contributed by atoms with Crippen LogP contribution in [-0.4, -0.2) is 19.9 Å². The second-order valence-electron chi connectivity index (χ2n) is 43.7. The molecule has 124 heavy (non-hydrogen) atoms. The first kappa shape index (κ1) is 88.2. The first-order valence-corrected chi connectivity index (χ1v) is 45.7. The van der Waals surface area contributed by atoms with Crippen LogP contribution in [0, 0.1) is 54.8 Å². The van der Waals surface area contributed by atoms with Crippen LogP contribution in [0.2, 0.25) is 0 Å². The fourth-order valence-corrected chi connectivity index (χ4v) is 19.3.